The monoisotopic (exact) mass is 411 g/mol. The molecule has 3 heterocycles. The van der Waals surface area contributed by atoms with E-state index in [2.05, 4.69) is 10.3 Å². The van der Waals surface area contributed by atoms with Gasteiger partial charge in [0.05, 0.1) is 24.7 Å². The normalized spacial score (nSPS) is 24.4. The lowest BCUT2D eigenvalue weighted by Gasteiger charge is -2.37. The molecule has 0 unspecified atom stereocenters. The number of hydrogen-bond donors (Lipinski definition) is 2. The van der Waals surface area contributed by atoms with E-state index in [1.165, 1.54) is 11.1 Å². The fourth-order valence-electron chi connectivity index (χ4n) is 4.04. The third kappa shape index (κ3) is 4.01. The minimum absolute atomic E-state index is 0.0215. The zero-order valence-electron chi connectivity index (χ0n) is 16.9. The van der Waals surface area contributed by atoms with E-state index in [1.54, 1.807) is 38.5 Å². The first-order chi connectivity index (χ1) is 14.5. The van der Waals surface area contributed by atoms with Crippen molar-refractivity contribution in [2.45, 2.75) is 37.1 Å². The molecule has 30 heavy (non-hydrogen) atoms. The van der Waals surface area contributed by atoms with Gasteiger partial charge in [0.2, 0.25) is 5.91 Å². The molecule has 4 rings (SSSR count). The van der Waals surface area contributed by atoms with Crippen molar-refractivity contribution >= 4 is 17.5 Å². The Morgan fingerprint density at radius 2 is 2.13 bits per heavy atom. The maximum absolute atomic E-state index is 12.5. The minimum Gasteiger partial charge on any atom is -0.487 e. The summed E-state index contributed by atoms with van der Waals surface area (Å²) in [6.45, 7) is -0.188. The van der Waals surface area contributed by atoms with Crippen molar-refractivity contribution in [1.29, 1.82) is 0 Å². The van der Waals surface area contributed by atoms with Gasteiger partial charge in [-0.2, -0.15) is 0 Å². The fraction of sp³-hybridized carbons (Fsp3) is 0.409. The number of nitrogens with zero attached hydrogens (tertiary/aromatic N) is 2. The van der Waals surface area contributed by atoms with Crippen LogP contribution in [0, 0.1) is 0 Å². The number of carbonyl (C=O) groups is 2. The summed E-state index contributed by atoms with van der Waals surface area (Å²) in [5.41, 5.74) is 2.08. The molecular weight excluding hydrogens is 386 g/mol. The summed E-state index contributed by atoms with van der Waals surface area (Å²) in [4.78, 5) is 30.1. The Bertz CT molecular complexity index is 934. The maximum Gasteiger partial charge on any atom is 0.257 e. The molecule has 2 aromatic rings. The molecule has 0 aliphatic carbocycles. The number of fused-ring (bicyclic) bond motifs is 3. The molecule has 0 radical (unpaired) electrons. The van der Waals surface area contributed by atoms with Gasteiger partial charge in [-0.15, -0.1) is 0 Å². The highest BCUT2D eigenvalue weighted by molar-refractivity contribution is 6.04. The number of pyridine rings is 1. The molecule has 1 aromatic carbocycles. The van der Waals surface area contributed by atoms with Gasteiger partial charge in [0.1, 0.15) is 18.0 Å². The topological polar surface area (TPSA) is 101 Å². The molecular formula is C22H25N3O5. The zero-order chi connectivity index (χ0) is 21.3. The average Bonchev–Trinajstić information content (AvgIpc) is 3.11. The molecule has 1 saturated heterocycles. The molecule has 4 atom stereocenters. The van der Waals surface area contributed by atoms with Gasteiger partial charge in [-0.05, 0) is 36.8 Å². The van der Waals surface area contributed by atoms with Crippen LogP contribution in [0.4, 0.5) is 5.69 Å². The Kier molecular flexibility index (Phi) is 5.69. The maximum atomic E-state index is 12.5. The number of anilines is 1. The summed E-state index contributed by atoms with van der Waals surface area (Å²) in [6, 6.07) is 8.92. The van der Waals surface area contributed by atoms with Crippen LogP contribution in [-0.2, 0) is 9.53 Å². The van der Waals surface area contributed by atoms with Gasteiger partial charge in [-0.25, -0.2) is 0 Å². The lowest BCUT2D eigenvalue weighted by atomic mass is 9.84. The highest BCUT2D eigenvalue weighted by atomic mass is 16.6. The van der Waals surface area contributed by atoms with Gasteiger partial charge in [0.15, 0.2) is 0 Å². The number of hydrogen-bond acceptors (Lipinski definition) is 6. The second-order valence-electron chi connectivity index (χ2n) is 7.84. The van der Waals surface area contributed by atoms with Crippen LogP contribution in [0.1, 0.15) is 34.7 Å². The first kappa shape index (κ1) is 20.3. The molecule has 8 heteroatoms. The molecule has 2 aliphatic heterocycles. The molecule has 8 nitrogen and oxygen atoms in total. The number of ether oxygens (including phenoxy) is 2. The first-order valence-corrected chi connectivity index (χ1v) is 9.94. The van der Waals surface area contributed by atoms with E-state index in [4.69, 9.17) is 9.47 Å². The Morgan fingerprint density at radius 3 is 2.83 bits per heavy atom. The van der Waals surface area contributed by atoms with Gasteiger partial charge in [-0.1, -0.05) is 0 Å². The number of aliphatic hydroxyl groups is 1. The summed E-state index contributed by atoms with van der Waals surface area (Å²) < 4.78 is 12.0. The Balaban J connectivity index is 1.54. The number of rotatable bonds is 5. The third-order valence-corrected chi connectivity index (χ3v) is 5.58. The first-order valence-electron chi connectivity index (χ1n) is 9.94. The molecule has 1 aromatic heterocycles. The van der Waals surface area contributed by atoms with Crippen molar-refractivity contribution in [2.75, 3.05) is 26.0 Å². The van der Waals surface area contributed by atoms with Crippen molar-refractivity contribution in [3.63, 3.8) is 0 Å². The zero-order valence-corrected chi connectivity index (χ0v) is 16.9. The van der Waals surface area contributed by atoms with Gasteiger partial charge >= 0.3 is 0 Å². The van der Waals surface area contributed by atoms with Crippen LogP contribution in [0.3, 0.4) is 0 Å². The lowest BCUT2D eigenvalue weighted by Crippen LogP contribution is -2.47. The average molecular weight is 411 g/mol. The highest BCUT2D eigenvalue weighted by Crippen LogP contribution is 2.47. The predicted octanol–water partition coefficient (Wildman–Crippen LogP) is 1.81. The van der Waals surface area contributed by atoms with E-state index in [-0.39, 0.29) is 43.0 Å². The second-order valence-corrected chi connectivity index (χ2v) is 7.84. The number of aliphatic hydroxyl groups excluding tert-OH is 1. The van der Waals surface area contributed by atoms with Crippen LogP contribution < -0.4 is 10.1 Å². The van der Waals surface area contributed by atoms with Gasteiger partial charge in [0.25, 0.3) is 5.91 Å². The molecule has 0 bridgehead atoms. The van der Waals surface area contributed by atoms with Crippen molar-refractivity contribution < 1.29 is 24.2 Å². The number of aromatic nitrogens is 1. The summed E-state index contributed by atoms with van der Waals surface area (Å²) in [7, 11) is 3.42. The summed E-state index contributed by atoms with van der Waals surface area (Å²) in [5, 5.41) is 12.7. The molecule has 2 amide bonds. The quantitative estimate of drug-likeness (QED) is 0.778. The lowest BCUT2D eigenvalue weighted by molar-refractivity contribution is -0.147. The fourth-order valence-corrected chi connectivity index (χ4v) is 4.04. The predicted molar refractivity (Wildman–Crippen MR) is 109 cm³/mol. The SMILES string of the molecule is CN(C)C(=O)C[C@@H]1C[C@H]2c3cc(NC(=O)c4cccnc4)ccc3O[C@H]2[C@H](CO)O1. The minimum atomic E-state index is -0.510. The molecule has 0 spiro atoms. The van der Waals surface area contributed by atoms with Crippen LogP contribution in [0.25, 0.3) is 0 Å². The van der Waals surface area contributed by atoms with Crippen LogP contribution in [-0.4, -0.2) is 65.8 Å². The Labute approximate surface area is 174 Å². The van der Waals surface area contributed by atoms with E-state index < -0.39 is 6.10 Å². The Morgan fingerprint density at radius 1 is 1.30 bits per heavy atom. The summed E-state index contributed by atoms with van der Waals surface area (Å²) in [5.74, 6) is 0.423. The number of benzene rings is 1. The van der Waals surface area contributed by atoms with Crippen LogP contribution >= 0.6 is 0 Å². The second kappa shape index (κ2) is 8.41. The van der Waals surface area contributed by atoms with E-state index >= 15 is 0 Å². The molecule has 0 saturated carbocycles. The largest absolute Gasteiger partial charge is 0.487 e. The van der Waals surface area contributed by atoms with Gasteiger partial charge < -0.3 is 24.8 Å². The molecule has 1 fully saturated rings. The van der Waals surface area contributed by atoms with Crippen molar-refractivity contribution in [3.05, 3.63) is 53.9 Å². The van der Waals surface area contributed by atoms with Crippen molar-refractivity contribution in [3.8, 4) is 5.75 Å². The summed E-state index contributed by atoms with van der Waals surface area (Å²) in [6.07, 6.45) is 2.85. The van der Waals surface area contributed by atoms with Crippen LogP contribution in [0.2, 0.25) is 0 Å². The highest BCUT2D eigenvalue weighted by Gasteiger charge is 2.46. The van der Waals surface area contributed by atoms with Crippen molar-refractivity contribution in [2.24, 2.45) is 0 Å². The summed E-state index contributed by atoms with van der Waals surface area (Å²) >= 11 is 0. The molecule has 158 valence electrons. The van der Waals surface area contributed by atoms with Crippen LogP contribution in [0.5, 0.6) is 5.75 Å². The van der Waals surface area contributed by atoms with E-state index in [9.17, 15) is 14.7 Å². The van der Waals surface area contributed by atoms with Gasteiger partial charge in [0, 0.05) is 43.7 Å². The number of nitrogens with one attached hydrogen (secondary N) is 1. The number of carbonyl (C=O) groups excluding carboxylic acids is 2. The van der Waals surface area contributed by atoms with E-state index in [0.717, 1.165) is 5.56 Å². The smallest absolute Gasteiger partial charge is 0.257 e. The van der Waals surface area contributed by atoms with Gasteiger partial charge in [-0.3, -0.25) is 14.6 Å². The Hall–Kier alpha value is -2.97. The van der Waals surface area contributed by atoms with E-state index in [1.807, 2.05) is 12.1 Å². The van der Waals surface area contributed by atoms with Crippen LogP contribution in [0.15, 0.2) is 42.7 Å². The van der Waals surface area contributed by atoms with E-state index in [0.29, 0.717) is 23.4 Å². The number of amides is 2. The molecule has 2 N–H and O–H groups in total. The standard InChI is InChI=1S/C22H25N3O5/c1-25(2)20(27)10-15-9-17-16-8-14(24-22(28)13-4-3-7-23-11-13)5-6-18(16)30-21(17)19(12-26)29-15/h3-8,11,15,17,19,21,26H,9-10,12H2,1-2H3,(H,24,28)/t15-,17-,19-,21+/m0/s1. The molecule has 2 aliphatic rings. The third-order valence-electron chi connectivity index (χ3n) is 5.58. The van der Waals surface area contributed by atoms with Crippen molar-refractivity contribution in [1.82, 2.24) is 9.88 Å².